The molecule has 0 saturated carbocycles. The Balaban J connectivity index is 1.91. The Bertz CT molecular complexity index is 815. The summed E-state index contributed by atoms with van der Waals surface area (Å²) < 4.78 is 13.3. The number of anilines is 1. The minimum Gasteiger partial charge on any atom is -0.336 e. The molecule has 7 heteroatoms. The molecule has 2 aromatic carbocycles. The second-order valence-corrected chi connectivity index (χ2v) is 7.00. The first-order valence-electron chi connectivity index (χ1n) is 8.64. The molecule has 27 heavy (non-hydrogen) atoms. The minimum atomic E-state index is -0.430. The van der Waals surface area contributed by atoms with Gasteiger partial charge in [0.05, 0.1) is 17.8 Å². The van der Waals surface area contributed by atoms with E-state index in [1.54, 1.807) is 57.4 Å². The molecule has 0 aliphatic rings. The lowest BCUT2D eigenvalue weighted by Crippen LogP contribution is -3.15. The number of nitrogens with zero attached hydrogens (tertiary/aromatic N) is 1. The van der Waals surface area contributed by atoms with Crippen LogP contribution in [-0.4, -0.2) is 43.4 Å². The molecule has 2 atom stereocenters. The molecular weight excluding hydrogens is 369 g/mol. The van der Waals surface area contributed by atoms with Crippen molar-refractivity contribution < 1.29 is 18.9 Å². The van der Waals surface area contributed by atoms with Gasteiger partial charge in [-0.3, -0.25) is 9.59 Å². The quantitative estimate of drug-likeness (QED) is 0.757. The van der Waals surface area contributed by atoms with Gasteiger partial charge in [0.1, 0.15) is 5.82 Å². The van der Waals surface area contributed by atoms with Crippen molar-refractivity contribution in [3.05, 3.63) is 64.9 Å². The smallest absolute Gasteiger partial charge is 0.280 e. The summed E-state index contributed by atoms with van der Waals surface area (Å²) in [6.45, 7) is 2.19. The molecule has 0 fully saturated rings. The van der Waals surface area contributed by atoms with Gasteiger partial charge in [0, 0.05) is 13.6 Å². The molecule has 0 aliphatic carbocycles. The molecule has 0 radical (unpaired) electrons. The normalized spacial score (nSPS) is 12.9. The van der Waals surface area contributed by atoms with Crippen molar-refractivity contribution in [2.45, 2.75) is 19.5 Å². The first kappa shape index (κ1) is 20.9. The topological polar surface area (TPSA) is 53.9 Å². The second kappa shape index (κ2) is 9.48. The maximum atomic E-state index is 13.3. The fourth-order valence-electron chi connectivity index (χ4n) is 2.69. The summed E-state index contributed by atoms with van der Waals surface area (Å²) in [6, 6.07) is 12.7. The van der Waals surface area contributed by atoms with E-state index in [0.29, 0.717) is 22.8 Å². The van der Waals surface area contributed by atoms with Crippen molar-refractivity contribution in [2.75, 3.05) is 26.0 Å². The van der Waals surface area contributed by atoms with E-state index in [4.69, 9.17) is 11.6 Å². The number of carbonyl (C=O) groups is 2. The number of quaternary nitrogens is 1. The van der Waals surface area contributed by atoms with Gasteiger partial charge in [-0.1, -0.05) is 35.9 Å². The number of likely N-dealkylation sites (N-methyl/N-ethyl adjacent to an activating group) is 2. The Labute approximate surface area is 163 Å². The molecule has 0 bridgehead atoms. The highest BCUT2D eigenvalue weighted by Gasteiger charge is 2.27. The van der Waals surface area contributed by atoms with Gasteiger partial charge in [-0.05, 0) is 36.8 Å². The van der Waals surface area contributed by atoms with Crippen molar-refractivity contribution in [3.63, 3.8) is 0 Å². The van der Waals surface area contributed by atoms with Crippen LogP contribution in [0.25, 0.3) is 0 Å². The predicted molar refractivity (Wildman–Crippen MR) is 104 cm³/mol. The number of halogens is 2. The molecule has 5 nitrogen and oxygen atoms in total. The molecule has 0 aliphatic heterocycles. The molecule has 2 aromatic rings. The fraction of sp³-hybridized carbons (Fsp3) is 0.300. The summed E-state index contributed by atoms with van der Waals surface area (Å²) in [5.41, 5.74) is 1.26. The van der Waals surface area contributed by atoms with E-state index >= 15 is 0 Å². The van der Waals surface area contributed by atoms with E-state index in [9.17, 15) is 14.0 Å². The van der Waals surface area contributed by atoms with Crippen molar-refractivity contribution in [1.29, 1.82) is 0 Å². The number of carbonyl (C=O) groups excluding carboxylic acids is 2. The standard InChI is InChI=1S/C20H23ClFN3O2/c1-14(20(27)25(3)12-15-7-6-8-16(22)11-15)24(2)13-19(26)23-18-10-5-4-9-17(18)21/h4-11,14H,12-13H2,1-3H3,(H,23,26)/p+1/t14-/m1/s1. The lowest BCUT2D eigenvalue weighted by atomic mass is 10.2. The average Bonchev–Trinajstić information content (AvgIpc) is 2.62. The van der Waals surface area contributed by atoms with Crippen LogP contribution in [0.1, 0.15) is 12.5 Å². The summed E-state index contributed by atoms with van der Waals surface area (Å²) in [4.78, 5) is 27.2. The average molecular weight is 393 g/mol. The van der Waals surface area contributed by atoms with Crippen LogP contribution in [0.15, 0.2) is 48.5 Å². The Kier molecular flexibility index (Phi) is 7.33. The number of amides is 2. The van der Waals surface area contributed by atoms with Gasteiger partial charge in [0.15, 0.2) is 12.6 Å². The van der Waals surface area contributed by atoms with E-state index in [2.05, 4.69) is 5.32 Å². The Morgan fingerprint density at radius 2 is 1.93 bits per heavy atom. The van der Waals surface area contributed by atoms with Crippen molar-refractivity contribution in [3.8, 4) is 0 Å². The highest BCUT2D eigenvalue weighted by molar-refractivity contribution is 6.33. The van der Waals surface area contributed by atoms with Gasteiger partial charge in [0.25, 0.3) is 11.8 Å². The van der Waals surface area contributed by atoms with Crippen LogP contribution in [0.2, 0.25) is 5.02 Å². The third-order valence-corrected chi connectivity index (χ3v) is 4.71. The molecule has 2 amide bonds. The molecule has 2 rings (SSSR count). The minimum absolute atomic E-state index is 0.117. The van der Waals surface area contributed by atoms with Gasteiger partial charge in [-0.15, -0.1) is 0 Å². The van der Waals surface area contributed by atoms with Crippen molar-refractivity contribution in [2.24, 2.45) is 0 Å². The largest absolute Gasteiger partial charge is 0.336 e. The van der Waals surface area contributed by atoms with Crippen LogP contribution in [0.5, 0.6) is 0 Å². The zero-order valence-electron chi connectivity index (χ0n) is 15.6. The monoisotopic (exact) mass is 392 g/mol. The maximum Gasteiger partial charge on any atom is 0.280 e. The molecule has 144 valence electrons. The molecule has 0 aromatic heterocycles. The van der Waals surface area contributed by atoms with Gasteiger partial charge >= 0.3 is 0 Å². The van der Waals surface area contributed by atoms with E-state index in [-0.39, 0.29) is 24.2 Å². The van der Waals surface area contributed by atoms with Gasteiger partial charge < -0.3 is 15.1 Å². The Hall–Kier alpha value is -2.44. The van der Waals surface area contributed by atoms with Gasteiger partial charge in [0.2, 0.25) is 0 Å². The summed E-state index contributed by atoms with van der Waals surface area (Å²) in [5.74, 6) is -0.685. The van der Waals surface area contributed by atoms with Crippen LogP contribution in [0.4, 0.5) is 10.1 Å². The third-order valence-electron chi connectivity index (χ3n) is 4.38. The number of hydrogen-bond acceptors (Lipinski definition) is 2. The van der Waals surface area contributed by atoms with Crippen LogP contribution in [0, 0.1) is 5.82 Å². The maximum absolute atomic E-state index is 13.3. The number of nitrogens with one attached hydrogen (secondary N) is 2. The lowest BCUT2D eigenvalue weighted by Gasteiger charge is -2.25. The third kappa shape index (κ3) is 6.05. The Morgan fingerprint density at radius 1 is 1.22 bits per heavy atom. The van der Waals surface area contributed by atoms with Crippen LogP contribution in [-0.2, 0) is 16.1 Å². The zero-order chi connectivity index (χ0) is 20.0. The molecular formula is C20H24ClFN3O2+. The summed E-state index contributed by atoms with van der Waals surface area (Å²) >= 11 is 6.04. The number of rotatable bonds is 7. The molecule has 2 N–H and O–H groups in total. The zero-order valence-corrected chi connectivity index (χ0v) is 16.4. The van der Waals surface area contributed by atoms with Crippen LogP contribution >= 0.6 is 11.6 Å². The van der Waals surface area contributed by atoms with E-state index in [0.717, 1.165) is 4.90 Å². The van der Waals surface area contributed by atoms with Crippen molar-refractivity contribution >= 4 is 29.1 Å². The van der Waals surface area contributed by atoms with E-state index < -0.39 is 6.04 Å². The molecule has 1 unspecified atom stereocenters. The predicted octanol–water partition coefficient (Wildman–Crippen LogP) is 1.98. The molecule has 0 spiro atoms. The Morgan fingerprint density at radius 3 is 2.59 bits per heavy atom. The first-order valence-corrected chi connectivity index (χ1v) is 9.02. The highest BCUT2D eigenvalue weighted by Crippen LogP contribution is 2.19. The van der Waals surface area contributed by atoms with Crippen LogP contribution in [0.3, 0.4) is 0 Å². The lowest BCUT2D eigenvalue weighted by molar-refractivity contribution is -0.886. The summed E-state index contributed by atoms with van der Waals surface area (Å²) in [6.07, 6.45) is 0. The number of benzene rings is 2. The summed E-state index contributed by atoms with van der Waals surface area (Å²) in [7, 11) is 3.45. The first-order chi connectivity index (χ1) is 12.8. The SMILES string of the molecule is C[C@H](C(=O)N(C)Cc1cccc(F)c1)[NH+](C)CC(=O)Nc1ccccc1Cl. The van der Waals surface area contributed by atoms with E-state index in [1.165, 1.54) is 17.0 Å². The summed E-state index contributed by atoms with van der Waals surface area (Å²) in [5, 5.41) is 3.21. The van der Waals surface area contributed by atoms with Crippen molar-refractivity contribution in [1.82, 2.24) is 4.90 Å². The number of para-hydroxylation sites is 1. The molecule has 0 saturated heterocycles. The second-order valence-electron chi connectivity index (χ2n) is 6.60. The van der Waals surface area contributed by atoms with Gasteiger partial charge in [-0.25, -0.2) is 4.39 Å². The molecule has 0 heterocycles. The van der Waals surface area contributed by atoms with Crippen LogP contribution < -0.4 is 10.2 Å². The van der Waals surface area contributed by atoms with Gasteiger partial charge in [-0.2, -0.15) is 0 Å². The fourth-order valence-corrected chi connectivity index (χ4v) is 2.87. The number of hydrogen-bond donors (Lipinski definition) is 2. The highest BCUT2D eigenvalue weighted by atomic mass is 35.5. The van der Waals surface area contributed by atoms with E-state index in [1.807, 2.05) is 0 Å².